The van der Waals surface area contributed by atoms with Crippen LogP contribution in [-0.2, 0) is 14.9 Å². The van der Waals surface area contributed by atoms with Gasteiger partial charge in [-0.3, -0.25) is 4.79 Å². The molecule has 0 aliphatic carbocycles. The van der Waals surface area contributed by atoms with E-state index in [1.165, 1.54) is 5.56 Å². The Hall–Kier alpha value is -1.30. The molecule has 1 aliphatic heterocycles. The Balaban J connectivity index is 0.00000392. The van der Waals surface area contributed by atoms with Gasteiger partial charge < -0.3 is 20.1 Å². The SMILES string of the molecule is COCC1(C(=O)NCC(C)(C)c2ccc(OCC(C)C)cc2)CCNCC1.Cl. The van der Waals surface area contributed by atoms with Crippen molar-refractivity contribution in [3.63, 3.8) is 0 Å². The van der Waals surface area contributed by atoms with Gasteiger partial charge in [0.25, 0.3) is 0 Å². The second-order valence-corrected chi connectivity index (χ2v) is 8.76. The van der Waals surface area contributed by atoms with E-state index >= 15 is 0 Å². The molecule has 0 aromatic heterocycles. The molecule has 0 bridgehead atoms. The van der Waals surface area contributed by atoms with Gasteiger partial charge in [0.2, 0.25) is 5.91 Å². The Bertz CT molecular complexity index is 591. The normalized spacial score (nSPS) is 16.4. The molecule has 6 heteroatoms. The van der Waals surface area contributed by atoms with Gasteiger partial charge in [0.15, 0.2) is 0 Å². The Morgan fingerprint density at radius 2 is 1.82 bits per heavy atom. The van der Waals surface area contributed by atoms with E-state index in [2.05, 4.69) is 50.5 Å². The highest BCUT2D eigenvalue weighted by atomic mass is 35.5. The predicted octanol–water partition coefficient (Wildman–Crippen LogP) is 3.55. The summed E-state index contributed by atoms with van der Waals surface area (Å²) in [6.45, 7) is 12.1. The Morgan fingerprint density at radius 3 is 2.36 bits per heavy atom. The van der Waals surface area contributed by atoms with Crippen LogP contribution in [0.3, 0.4) is 0 Å². The lowest BCUT2D eigenvalue weighted by molar-refractivity contribution is -0.136. The van der Waals surface area contributed by atoms with Crippen molar-refractivity contribution in [3.8, 4) is 5.75 Å². The maximum atomic E-state index is 13.0. The van der Waals surface area contributed by atoms with Crippen LogP contribution < -0.4 is 15.4 Å². The lowest BCUT2D eigenvalue weighted by Gasteiger charge is -2.37. The molecule has 5 nitrogen and oxygen atoms in total. The van der Waals surface area contributed by atoms with Crippen molar-refractivity contribution in [1.82, 2.24) is 10.6 Å². The van der Waals surface area contributed by atoms with Crippen LogP contribution in [0.5, 0.6) is 5.75 Å². The molecule has 160 valence electrons. The number of hydrogen-bond acceptors (Lipinski definition) is 4. The van der Waals surface area contributed by atoms with E-state index in [1.54, 1.807) is 7.11 Å². The predicted molar refractivity (Wildman–Crippen MR) is 116 cm³/mol. The van der Waals surface area contributed by atoms with Gasteiger partial charge in [-0.05, 0) is 49.5 Å². The Kier molecular flexibility index (Phi) is 9.75. The first-order valence-corrected chi connectivity index (χ1v) is 10.0. The zero-order valence-corrected chi connectivity index (χ0v) is 18.8. The van der Waals surface area contributed by atoms with Gasteiger partial charge in [-0.2, -0.15) is 0 Å². The molecule has 0 atom stereocenters. The number of rotatable bonds is 9. The van der Waals surface area contributed by atoms with Crippen LogP contribution in [0.15, 0.2) is 24.3 Å². The molecule has 1 heterocycles. The highest BCUT2D eigenvalue weighted by molar-refractivity contribution is 5.85. The second-order valence-electron chi connectivity index (χ2n) is 8.76. The van der Waals surface area contributed by atoms with Gasteiger partial charge in [0, 0.05) is 19.1 Å². The minimum absolute atomic E-state index is 0. The molecule has 1 saturated heterocycles. The van der Waals surface area contributed by atoms with Crippen LogP contribution in [0.2, 0.25) is 0 Å². The van der Waals surface area contributed by atoms with E-state index < -0.39 is 5.41 Å². The zero-order valence-electron chi connectivity index (χ0n) is 18.0. The highest BCUT2D eigenvalue weighted by Crippen LogP contribution is 2.30. The molecule has 2 rings (SSSR count). The summed E-state index contributed by atoms with van der Waals surface area (Å²) in [4.78, 5) is 13.0. The summed E-state index contributed by atoms with van der Waals surface area (Å²) >= 11 is 0. The summed E-state index contributed by atoms with van der Waals surface area (Å²) in [6.07, 6.45) is 1.63. The number of ether oxygens (including phenoxy) is 2. The number of methoxy groups -OCH3 is 1. The van der Waals surface area contributed by atoms with Crippen molar-refractivity contribution in [2.45, 2.75) is 46.0 Å². The molecule has 0 unspecified atom stereocenters. The van der Waals surface area contributed by atoms with Gasteiger partial charge >= 0.3 is 0 Å². The smallest absolute Gasteiger partial charge is 0.228 e. The topological polar surface area (TPSA) is 59.6 Å². The van der Waals surface area contributed by atoms with Crippen molar-refractivity contribution < 1.29 is 14.3 Å². The molecule has 1 aromatic rings. The standard InChI is InChI=1S/C22H36N2O3.ClH/c1-17(2)14-27-19-8-6-18(7-9-19)21(3,4)15-24-20(25)22(16-26-5)10-12-23-13-11-22;/h6-9,17,23H,10-16H2,1-5H3,(H,24,25);1H. The van der Waals surface area contributed by atoms with E-state index in [9.17, 15) is 4.79 Å². The maximum absolute atomic E-state index is 13.0. The number of carbonyl (C=O) groups is 1. The fourth-order valence-corrected chi connectivity index (χ4v) is 3.47. The summed E-state index contributed by atoms with van der Waals surface area (Å²) in [5.74, 6) is 1.50. The number of benzene rings is 1. The molecule has 0 radical (unpaired) electrons. The first-order chi connectivity index (χ1) is 12.8. The minimum atomic E-state index is -0.412. The number of nitrogens with one attached hydrogen (secondary N) is 2. The van der Waals surface area contributed by atoms with Gasteiger partial charge in [0.05, 0.1) is 18.6 Å². The third-order valence-corrected chi connectivity index (χ3v) is 5.37. The fourth-order valence-electron chi connectivity index (χ4n) is 3.47. The summed E-state index contributed by atoms with van der Waals surface area (Å²) in [5.41, 5.74) is 0.615. The number of halogens is 1. The maximum Gasteiger partial charge on any atom is 0.228 e. The van der Waals surface area contributed by atoms with Crippen molar-refractivity contribution in [1.29, 1.82) is 0 Å². The monoisotopic (exact) mass is 412 g/mol. The van der Waals surface area contributed by atoms with Crippen molar-refractivity contribution in [2.24, 2.45) is 11.3 Å². The largest absolute Gasteiger partial charge is 0.493 e. The zero-order chi connectivity index (χ0) is 19.9. The quantitative estimate of drug-likeness (QED) is 0.651. The van der Waals surface area contributed by atoms with Crippen LogP contribution in [0, 0.1) is 11.3 Å². The molecule has 1 aliphatic rings. The van der Waals surface area contributed by atoms with Gasteiger partial charge in [-0.1, -0.05) is 39.8 Å². The van der Waals surface area contributed by atoms with Gasteiger partial charge in [-0.25, -0.2) is 0 Å². The van der Waals surface area contributed by atoms with Crippen molar-refractivity contribution in [2.75, 3.05) is 40.0 Å². The van der Waals surface area contributed by atoms with Crippen LogP contribution in [0.4, 0.5) is 0 Å². The average molecular weight is 413 g/mol. The van der Waals surface area contributed by atoms with Crippen molar-refractivity contribution >= 4 is 18.3 Å². The lowest BCUT2D eigenvalue weighted by atomic mass is 9.78. The minimum Gasteiger partial charge on any atom is -0.493 e. The first-order valence-electron chi connectivity index (χ1n) is 10.0. The van der Waals surface area contributed by atoms with Gasteiger partial charge in [0.1, 0.15) is 5.75 Å². The third kappa shape index (κ3) is 6.64. The summed E-state index contributed by atoms with van der Waals surface area (Å²) in [5, 5.41) is 6.52. The van der Waals surface area contributed by atoms with Crippen LogP contribution in [0.1, 0.15) is 46.1 Å². The molecule has 1 amide bonds. The number of amides is 1. The van der Waals surface area contributed by atoms with Crippen molar-refractivity contribution in [3.05, 3.63) is 29.8 Å². The molecule has 2 N–H and O–H groups in total. The van der Waals surface area contributed by atoms with E-state index in [0.717, 1.165) is 38.3 Å². The fraction of sp³-hybridized carbons (Fsp3) is 0.682. The van der Waals surface area contributed by atoms with Crippen LogP contribution in [-0.4, -0.2) is 45.9 Å². The molecular formula is C22H37ClN2O3. The molecule has 1 aromatic carbocycles. The lowest BCUT2D eigenvalue weighted by Crippen LogP contribution is -2.52. The molecular weight excluding hydrogens is 376 g/mol. The average Bonchev–Trinajstić information content (AvgIpc) is 2.66. The number of carbonyl (C=O) groups excluding carboxylic acids is 1. The number of hydrogen-bond donors (Lipinski definition) is 2. The summed E-state index contributed by atoms with van der Waals surface area (Å²) in [6, 6.07) is 8.22. The third-order valence-electron chi connectivity index (χ3n) is 5.37. The van der Waals surface area contributed by atoms with E-state index in [0.29, 0.717) is 19.1 Å². The van der Waals surface area contributed by atoms with E-state index in [1.807, 2.05) is 12.1 Å². The number of piperidine rings is 1. The Morgan fingerprint density at radius 1 is 1.21 bits per heavy atom. The van der Waals surface area contributed by atoms with Crippen LogP contribution in [0.25, 0.3) is 0 Å². The second kappa shape index (κ2) is 11.0. The Labute approximate surface area is 176 Å². The first kappa shape index (κ1) is 24.7. The summed E-state index contributed by atoms with van der Waals surface area (Å²) in [7, 11) is 1.67. The van der Waals surface area contributed by atoms with E-state index in [4.69, 9.17) is 9.47 Å². The molecule has 0 saturated carbocycles. The molecule has 1 fully saturated rings. The van der Waals surface area contributed by atoms with E-state index in [-0.39, 0.29) is 23.7 Å². The molecule has 0 spiro atoms. The van der Waals surface area contributed by atoms with Gasteiger partial charge in [-0.15, -0.1) is 12.4 Å². The summed E-state index contributed by atoms with van der Waals surface area (Å²) < 4.78 is 11.1. The highest BCUT2D eigenvalue weighted by Gasteiger charge is 2.40. The molecule has 28 heavy (non-hydrogen) atoms. The van der Waals surface area contributed by atoms with Crippen LogP contribution >= 0.6 is 12.4 Å².